The summed E-state index contributed by atoms with van der Waals surface area (Å²) in [6, 6.07) is 1.29. The van der Waals surface area contributed by atoms with Crippen molar-refractivity contribution in [1.29, 1.82) is 0 Å². The second-order valence-corrected chi connectivity index (χ2v) is 3.22. The number of hydrogen-bond acceptors (Lipinski definition) is 5. The van der Waals surface area contributed by atoms with Crippen molar-refractivity contribution in [1.82, 2.24) is 0 Å². The van der Waals surface area contributed by atoms with Crippen molar-refractivity contribution >= 4 is 11.9 Å². The number of carboxylic acid groups (broad SMARTS) is 1. The van der Waals surface area contributed by atoms with Crippen LogP contribution >= 0.6 is 0 Å². The molecule has 0 aliphatic rings. The molecule has 0 amide bonds. The summed E-state index contributed by atoms with van der Waals surface area (Å²) < 4.78 is 9.58. The predicted molar refractivity (Wildman–Crippen MR) is 52.0 cm³/mol. The summed E-state index contributed by atoms with van der Waals surface area (Å²) in [5.74, 6) is -1.41. The van der Waals surface area contributed by atoms with Gasteiger partial charge in [-0.1, -0.05) is 0 Å². The highest BCUT2D eigenvalue weighted by molar-refractivity contribution is 5.90. The van der Waals surface area contributed by atoms with Crippen LogP contribution in [0.15, 0.2) is 10.5 Å². The molecule has 16 heavy (non-hydrogen) atoms. The van der Waals surface area contributed by atoms with Gasteiger partial charge in [0.15, 0.2) is 0 Å². The first-order valence-corrected chi connectivity index (χ1v) is 4.54. The van der Waals surface area contributed by atoms with Gasteiger partial charge in [-0.3, -0.25) is 4.79 Å². The summed E-state index contributed by atoms with van der Waals surface area (Å²) in [6.45, 7) is 1.53. The van der Waals surface area contributed by atoms with Crippen molar-refractivity contribution in [3.63, 3.8) is 0 Å². The first kappa shape index (κ1) is 12.3. The van der Waals surface area contributed by atoms with E-state index in [4.69, 9.17) is 9.52 Å². The van der Waals surface area contributed by atoms with Gasteiger partial charge >= 0.3 is 11.9 Å². The molecule has 0 radical (unpaired) electrons. The fourth-order valence-electron chi connectivity index (χ4n) is 1.25. The van der Waals surface area contributed by atoms with Gasteiger partial charge in [-0.15, -0.1) is 0 Å². The highest BCUT2D eigenvalue weighted by Gasteiger charge is 2.21. The molecule has 1 rings (SSSR count). The number of aliphatic hydroxyl groups excluding tert-OH is 1. The molecule has 2 N–H and O–H groups in total. The molecule has 1 heterocycles. The lowest BCUT2D eigenvalue weighted by Crippen LogP contribution is -2.04. The van der Waals surface area contributed by atoms with E-state index >= 15 is 0 Å². The van der Waals surface area contributed by atoms with Crippen molar-refractivity contribution in [2.24, 2.45) is 0 Å². The molecule has 88 valence electrons. The Morgan fingerprint density at radius 3 is 2.69 bits per heavy atom. The van der Waals surface area contributed by atoms with Crippen LogP contribution in [0.5, 0.6) is 0 Å². The van der Waals surface area contributed by atoms with E-state index < -0.39 is 24.5 Å². The third-order valence-electron chi connectivity index (χ3n) is 2.04. The maximum absolute atomic E-state index is 11.2. The molecular formula is C10H12O6. The number of aliphatic carboxylic acids is 1. The van der Waals surface area contributed by atoms with E-state index in [1.54, 1.807) is 0 Å². The van der Waals surface area contributed by atoms with Crippen LogP contribution in [-0.2, 0) is 9.53 Å². The molecule has 6 heteroatoms. The van der Waals surface area contributed by atoms with Crippen LogP contribution in [0.2, 0.25) is 0 Å². The zero-order valence-corrected chi connectivity index (χ0v) is 8.89. The Labute approximate surface area is 91.4 Å². The summed E-state index contributed by atoms with van der Waals surface area (Å²) in [7, 11) is 1.22. The number of carbonyl (C=O) groups is 2. The van der Waals surface area contributed by atoms with Gasteiger partial charge in [0.1, 0.15) is 23.2 Å². The quantitative estimate of drug-likeness (QED) is 0.742. The Morgan fingerprint density at radius 2 is 2.19 bits per heavy atom. The van der Waals surface area contributed by atoms with Gasteiger partial charge in [0.2, 0.25) is 0 Å². The molecule has 0 aliphatic heterocycles. The van der Waals surface area contributed by atoms with Crippen LogP contribution in [0.1, 0.15) is 34.4 Å². The molecule has 1 aromatic rings. The zero-order valence-electron chi connectivity index (χ0n) is 8.89. The third kappa shape index (κ3) is 2.60. The van der Waals surface area contributed by atoms with Gasteiger partial charge in [-0.05, 0) is 13.0 Å². The van der Waals surface area contributed by atoms with Crippen molar-refractivity contribution in [3.05, 3.63) is 23.2 Å². The minimum Gasteiger partial charge on any atom is -0.481 e. The number of ether oxygens (including phenoxy) is 1. The molecule has 1 atom stereocenters. The molecular weight excluding hydrogens is 216 g/mol. The van der Waals surface area contributed by atoms with E-state index in [9.17, 15) is 14.7 Å². The molecule has 0 saturated heterocycles. The summed E-state index contributed by atoms with van der Waals surface area (Å²) in [6.07, 6.45) is -1.75. The Kier molecular flexibility index (Phi) is 3.68. The topological polar surface area (TPSA) is 97.0 Å². The van der Waals surface area contributed by atoms with Gasteiger partial charge in [0.05, 0.1) is 13.5 Å². The Balaban J connectivity index is 2.91. The molecule has 0 bridgehead atoms. The molecule has 0 aromatic carbocycles. The van der Waals surface area contributed by atoms with Gasteiger partial charge in [-0.2, -0.15) is 0 Å². The van der Waals surface area contributed by atoms with Crippen molar-refractivity contribution < 1.29 is 29.0 Å². The normalized spacial score (nSPS) is 12.2. The van der Waals surface area contributed by atoms with Crippen molar-refractivity contribution in [3.8, 4) is 0 Å². The SMILES string of the molecule is COC(=O)c1cc([C@H](O)CC(=O)O)oc1C. The Hall–Kier alpha value is -1.82. The van der Waals surface area contributed by atoms with Crippen LogP contribution in [0.25, 0.3) is 0 Å². The lowest BCUT2D eigenvalue weighted by Gasteiger charge is -2.02. The van der Waals surface area contributed by atoms with Crippen LogP contribution in [0, 0.1) is 6.92 Å². The monoisotopic (exact) mass is 228 g/mol. The molecule has 1 aromatic heterocycles. The summed E-state index contributed by atoms with van der Waals surface area (Å²) >= 11 is 0. The number of aryl methyl sites for hydroxylation is 1. The van der Waals surface area contributed by atoms with Gasteiger partial charge in [0.25, 0.3) is 0 Å². The number of aliphatic hydroxyl groups is 1. The molecule has 0 spiro atoms. The third-order valence-corrected chi connectivity index (χ3v) is 2.04. The maximum Gasteiger partial charge on any atom is 0.341 e. The minimum absolute atomic E-state index is 0.0419. The van der Waals surface area contributed by atoms with E-state index in [0.717, 1.165) is 0 Å². The summed E-state index contributed by atoms with van der Waals surface area (Å²) in [4.78, 5) is 21.6. The number of methoxy groups -OCH3 is 1. The number of carbonyl (C=O) groups excluding carboxylic acids is 1. The van der Waals surface area contributed by atoms with Gasteiger partial charge < -0.3 is 19.4 Å². The average molecular weight is 228 g/mol. The highest BCUT2D eigenvalue weighted by Crippen LogP contribution is 2.23. The van der Waals surface area contributed by atoms with E-state index in [2.05, 4.69) is 4.74 Å². The minimum atomic E-state index is -1.27. The van der Waals surface area contributed by atoms with Crippen LogP contribution in [0.4, 0.5) is 0 Å². The largest absolute Gasteiger partial charge is 0.481 e. The molecule has 6 nitrogen and oxygen atoms in total. The summed E-state index contributed by atoms with van der Waals surface area (Å²) in [5.41, 5.74) is 0.182. The zero-order chi connectivity index (χ0) is 12.3. The van der Waals surface area contributed by atoms with E-state index in [0.29, 0.717) is 0 Å². The first-order chi connectivity index (χ1) is 7.45. The lowest BCUT2D eigenvalue weighted by molar-refractivity contribution is -0.139. The molecule has 0 aliphatic carbocycles. The average Bonchev–Trinajstić information content (AvgIpc) is 2.58. The number of carboxylic acids is 1. The standard InChI is InChI=1S/C10H12O6/c1-5-6(10(14)15-2)3-8(16-5)7(11)4-9(12)13/h3,7,11H,4H2,1-2H3,(H,12,13)/t7-/m1/s1. The number of rotatable bonds is 4. The van der Waals surface area contributed by atoms with Gasteiger partial charge in [0, 0.05) is 0 Å². The molecule has 0 unspecified atom stereocenters. The number of esters is 1. The van der Waals surface area contributed by atoms with Crippen LogP contribution < -0.4 is 0 Å². The molecule has 0 saturated carbocycles. The second kappa shape index (κ2) is 4.80. The fourth-order valence-corrected chi connectivity index (χ4v) is 1.25. The van der Waals surface area contributed by atoms with E-state index in [1.165, 1.54) is 20.1 Å². The van der Waals surface area contributed by atoms with Crippen LogP contribution in [0.3, 0.4) is 0 Å². The van der Waals surface area contributed by atoms with Gasteiger partial charge in [-0.25, -0.2) is 4.79 Å². The summed E-state index contributed by atoms with van der Waals surface area (Å²) in [5, 5.41) is 17.9. The fraction of sp³-hybridized carbons (Fsp3) is 0.400. The van der Waals surface area contributed by atoms with E-state index in [-0.39, 0.29) is 17.1 Å². The van der Waals surface area contributed by atoms with Crippen molar-refractivity contribution in [2.75, 3.05) is 7.11 Å². The predicted octanol–water partition coefficient (Wildman–Crippen LogP) is 0.883. The maximum atomic E-state index is 11.2. The Morgan fingerprint density at radius 1 is 1.56 bits per heavy atom. The number of hydrogen-bond donors (Lipinski definition) is 2. The van der Waals surface area contributed by atoms with Crippen LogP contribution in [-0.4, -0.2) is 29.3 Å². The first-order valence-electron chi connectivity index (χ1n) is 4.54. The second-order valence-electron chi connectivity index (χ2n) is 3.22. The lowest BCUT2D eigenvalue weighted by atomic mass is 10.2. The highest BCUT2D eigenvalue weighted by atomic mass is 16.5. The number of furan rings is 1. The Bertz CT molecular complexity index is 405. The van der Waals surface area contributed by atoms with Crippen molar-refractivity contribution in [2.45, 2.75) is 19.4 Å². The van der Waals surface area contributed by atoms with E-state index in [1.807, 2.05) is 0 Å². The smallest absolute Gasteiger partial charge is 0.341 e. The molecule has 0 fully saturated rings.